The van der Waals surface area contributed by atoms with Gasteiger partial charge < -0.3 is 10.6 Å². The van der Waals surface area contributed by atoms with Crippen molar-refractivity contribution < 1.29 is 13.6 Å². The Morgan fingerprint density at radius 1 is 1.19 bits per heavy atom. The number of benzene rings is 2. The van der Waals surface area contributed by atoms with E-state index in [0.29, 0.717) is 11.4 Å². The Morgan fingerprint density at radius 2 is 1.90 bits per heavy atom. The Morgan fingerprint density at radius 3 is 2.62 bits per heavy atom. The second-order valence-corrected chi connectivity index (χ2v) is 5.29. The predicted octanol–water partition coefficient (Wildman–Crippen LogP) is 4.30. The molecule has 110 valence electrons. The number of rotatable bonds is 4. The second-order valence-electron chi connectivity index (χ2n) is 4.44. The van der Waals surface area contributed by atoms with E-state index in [2.05, 4.69) is 26.6 Å². The van der Waals surface area contributed by atoms with Crippen LogP contribution in [0.2, 0.25) is 0 Å². The summed E-state index contributed by atoms with van der Waals surface area (Å²) in [6.07, 6.45) is 0. The van der Waals surface area contributed by atoms with E-state index in [-0.39, 0.29) is 22.5 Å². The van der Waals surface area contributed by atoms with E-state index in [1.165, 1.54) is 19.1 Å². The first-order chi connectivity index (χ1) is 9.97. The fraction of sp³-hybridized carbons (Fsp3) is 0.133. The molecule has 0 bridgehead atoms. The number of carbonyl (C=O) groups excluding carboxylic acids is 1. The molecule has 0 heterocycles. The van der Waals surface area contributed by atoms with Gasteiger partial charge in [-0.2, -0.15) is 0 Å². The molecular weight excluding hydrogens is 342 g/mol. The minimum absolute atomic E-state index is 0.000626. The number of amides is 1. The van der Waals surface area contributed by atoms with E-state index in [4.69, 9.17) is 0 Å². The van der Waals surface area contributed by atoms with Crippen LogP contribution in [0.5, 0.6) is 0 Å². The molecule has 0 saturated heterocycles. The Kier molecular flexibility index (Phi) is 4.90. The molecule has 0 radical (unpaired) electrons. The molecule has 0 atom stereocenters. The first-order valence-electron chi connectivity index (χ1n) is 6.21. The van der Waals surface area contributed by atoms with Crippen LogP contribution >= 0.6 is 15.9 Å². The van der Waals surface area contributed by atoms with Crippen LogP contribution in [-0.2, 0) is 11.3 Å². The number of hydrogen-bond acceptors (Lipinski definition) is 2. The van der Waals surface area contributed by atoms with Gasteiger partial charge in [-0.15, -0.1) is 0 Å². The van der Waals surface area contributed by atoms with Crippen LogP contribution in [0.15, 0.2) is 40.9 Å². The summed E-state index contributed by atoms with van der Waals surface area (Å²) in [6, 6.07) is 9.44. The smallest absolute Gasteiger partial charge is 0.221 e. The molecule has 0 spiro atoms. The van der Waals surface area contributed by atoms with Crippen LogP contribution in [0.3, 0.4) is 0 Å². The molecule has 0 aromatic heterocycles. The first kappa shape index (κ1) is 15.4. The van der Waals surface area contributed by atoms with Gasteiger partial charge in [0.2, 0.25) is 5.91 Å². The average molecular weight is 355 g/mol. The zero-order valence-electron chi connectivity index (χ0n) is 11.2. The van der Waals surface area contributed by atoms with Crippen molar-refractivity contribution in [2.45, 2.75) is 13.5 Å². The lowest BCUT2D eigenvalue weighted by molar-refractivity contribution is -0.114. The normalized spacial score (nSPS) is 10.3. The van der Waals surface area contributed by atoms with E-state index in [9.17, 15) is 13.6 Å². The monoisotopic (exact) mass is 354 g/mol. The summed E-state index contributed by atoms with van der Waals surface area (Å²) in [5.74, 6) is -1.42. The highest BCUT2D eigenvalue weighted by Crippen LogP contribution is 2.23. The predicted molar refractivity (Wildman–Crippen MR) is 82.1 cm³/mol. The van der Waals surface area contributed by atoms with Gasteiger partial charge in [0.05, 0.1) is 4.47 Å². The van der Waals surface area contributed by atoms with E-state index >= 15 is 0 Å². The van der Waals surface area contributed by atoms with Crippen molar-refractivity contribution in [1.29, 1.82) is 0 Å². The van der Waals surface area contributed by atoms with E-state index in [1.54, 1.807) is 24.3 Å². The lowest BCUT2D eigenvalue weighted by Gasteiger charge is -2.11. The standard InChI is InChI=1S/C15H13BrF2N2O/c1-9(21)20-11-4-2-3-10(7-11)19-8-12-14(17)6-5-13(16)15(12)18/h2-7,19H,8H2,1H3,(H,20,21). The molecule has 0 aliphatic rings. The van der Waals surface area contributed by atoms with Gasteiger partial charge in [0.15, 0.2) is 0 Å². The topological polar surface area (TPSA) is 41.1 Å². The van der Waals surface area contributed by atoms with Gasteiger partial charge in [-0.05, 0) is 46.3 Å². The van der Waals surface area contributed by atoms with Crippen LogP contribution in [0.1, 0.15) is 12.5 Å². The van der Waals surface area contributed by atoms with Crippen molar-refractivity contribution in [3.8, 4) is 0 Å². The molecule has 0 fully saturated rings. The SMILES string of the molecule is CC(=O)Nc1cccc(NCc2c(F)ccc(Br)c2F)c1. The third-order valence-corrected chi connectivity index (χ3v) is 3.40. The first-order valence-corrected chi connectivity index (χ1v) is 7.00. The minimum atomic E-state index is -0.625. The molecule has 3 nitrogen and oxygen atoms in total. The summed E-state index contributed by atoms with van der Waals surface area (Å²) in [4.78, 5) is 11.0. The van der Waals surface area contributed by atoms with Crippen molar-refractivity contribution in [3.05, 3.63) is 58.1 Å². The van der Waals surface area contributed by atoms with Gasteiger partial charge in [-0.1, -0.05) is 6.07 Å². The molecule has 0 unspecified atom stereocenters. The molecule has 1 amide bonds. The van der Waals surface area contributed by atoms with Crippen LogP contribution in [-0.4, -0.2) is 5.91 Å². The molecule has 21 heavy (non-hydrogen) atoms. The fourth-order valence-corrected chi connectivity index (χ4v) is 2.20. The zero-order valence-corrected chi connectivity index (χ0v) is 12.8. The molecule has 6 heteroatoms. The fourth-order valence-electron chi connectivity index (χ4n) is 1.83. The maximum absolute atomic E-state index is 13.8. The van der Waals surface area contributed by atoms with Crippen LogP contribution in [0.25, 0.3) is 0 Å². The van der Waals surface area contributed by atoms with Crippen molar-refractivity contribution in [2.75, 3.05) is 10.6 Å². The Bertz CT molecular complexity index is 677. The largest absolute Gasteiger partial charge is 0.381 e. The number of halogens is 3. The maximum Gasteiger partial charge on any atom is 0.221 e. The molecule has 0 aliphatic carbocycles. The third-order valence-electron chi connectivity index (χ3n) is 2.79. The van der Waals surface area contributed by atoms with Crippen molar-refractivity contribution in [3.63, 3.8) is 0 Å². The Hall–Kier alpha value is -1.95. The molecule has 0 saturated carbocycles. The zero-order chi connectivity index (χ0) is 15.4. The van der Waals surface area contributed by atoms with Crippen molar-refractivity contribution in [1.82, 2.24) is 0 Å². The summed E-state index contributed by atoms with van der Waals surface area (Å²) >= 11 is 3.03. The van der Waals surface area contributed by atoms with Gasteiger partial charge >= 0.3 is 0 Å². The summed E-state index contributed by atoms with van der Waals surface area (Å²) in [5, 5.41) is 5.57. The summed E-state index contributed by atoms with van der Waals surface area (Å²) in [6.45, 7) is 1.41. The van der Waals surface area contributed by atoms with E-state index in [0.717, 1.165) is 0 Å². The second kappa shape index (κ2) is 6.67. The van der Waals surface area contributed by atoms with Gasteiger partial charge in [-0.3, -0.25) is 4.79 Å². The average Bonchev–Trinajstić information content (AvgIpc) is 2.43. The highest BCUT2D eigenvalue weighted by molar-refractivity contribution is 9.10. The molecule has 2 aromatic carbocycles. The number of carbonyl (C=O) groups is 1. The van der Waals surface area contributed by atoms with Gasteiger partial charge in [0, 0.05) is 30.4 Å². The highest BCUT2D eigenvalue weighted by atomic mass is 79.9. The van der Waals surface area contributed by atoms with E-state index < -0.39 is 11.6 Å². The number of hydrogen-bond donors (Lipinski definition) is 2. The minimum Gasteiger partial charge on any atom is -0.381 e. The number of anilines is 2. The van der Waals surface area contributed by atoms with Crippen LogP contribution in [0.4, 0.5) is 20.2 Å². The van der Waals surface area contributed by atoms with Gasteiger partial charge in [-0.25, -0.2) is 8.78 Å². The van der Waals surface area contributed by atoms with Crippen LogP contribution < -0.4 is 10.6 Å². The Labute approximate surface area is 129 Å². The van der Waals surface area contributed by atoms with Crippen LogP contribution in [0, 0.1) is 11.6 Å². The molecule has 2 N–H and O–H groups in total. The number of nitrogens with one attached hydrogen (secondary N) is 2. The maximum atomic E-state index is 13.8. The van der Waals surface area contributed by atoms with Gasteiger partial charge in [0.25, 0.3) is 0 Å². The lowest BCUT2D eigenvalue weighted by atomic mass is 10.2. The summed E-state index contributed by atoms with van der Waals surface area (Å²) in [5.41, 5.74) is 1.22. The quantitative estimate of drug-likeness (QED) is 0.803. The van der Waals surface area contributed by atoms with E-state index in [1.807, 2.05) is 0 Å². The van der Waals surface area contributed by atoms with Crippen molar-refractivity contribution >= 4 is 33.2 Å². The highest BCUT2D eigenvalue weighted by Gasteiger charge is 2.12. The summed E-state index contributed by atoms with van der Waals surface area (Å²) in [7, 11) is 0. The molecule has 2 rings (SSSR count). The third kappa shape index (κ3) is 4.01. The Balaban J connectivity index is 2.13. The summed E-state index contributed by atoms with van der Waals surface area (Å²) < 4.78 is 27.7. The molecular formula is C15H13BrF2N2O. The molecule has 2 aromatic rings. The van der Waals surface area contributed by atoms with Gasteiger partial charge in [0.1, 0.15) is 11.6 Å². The molecule has 0 aliphatic heterocycles. The van der Waals surface area contributed by atoms with Crippen molar-refractivity contribution in [2.24, 2.45) is 0 Å². The lowest BCUT2D eigenvalue weighted by Crippen LogP contribution is -2.07.